The van der Waals surface area contributed by atoms with Gasteiger partial charge in [0.25, 0.3) is 0 Å². The molecule has 174 valence electrons. The monoisotopic (exact) mass is 447 g/mol. The Hall–Kier alpha value is -2.51. The average Bonchev–Trinajstić information content (AvgIpc) is 3.14. The Morgan fingerprint density at radius 3 is 2.44 bits per heavy atom. The number of aliphatic carboxylic acids is 1. The molecule has 0 saturated heterocycles. The van der Waals surface area contributed by atoms with Crippen molar-refractivity contribution in [1.29, 1.82) is 0 Å². The molecule has 1 aliphatic rings. The number of fused-ring (bicyclic) bond motifs is 1. The van der Waals surface area contributed by atoms with Crippen LogP contribution in [0.15, 0.2) is 36.4 Å². The van der Waals surface area contributed by atoms with E-state index in [2.05, 4.69) is 43.4 Å². The van der Waals surface area contributed by atoms with Crippen LogP contribution in [0.2, 0.25) is 0 Å². The van der Waals surface area contributed by atoms with Gasteiger partial charge in [0.05, 0.1) is 0 Å². The summed E-state index contributed by atoms with van der Waals surface area (Å²) in [6.45, 7) is 4.25. The fourth-order valence-electron chi connectivity index (χ4n) is 4.35. The van der Waals surface area contributed by atoms with Crippen molar-refractivity contribution in [3.05, 3.63) is 64.7 Å². The Bertz CT molecular complexity index is 923. The summed E-state index contributed by atoms with van der Waals surface area (Å²) in [5, 5.41) is 22.3. The predicted molar refractivity (Wildman–Crippen MR) is 118 cm³/mol. The summed E-state index contributed by atoms with van der Waals surface area (Å²) in [5.74, 6) is -3.13. The van der Waals surface area contributed by atoms with E-state index in [1.54, 1.807) is 0 Å². The summed E-state index contributed by atoms with van der Waals surface area (Å²) in [5.41, 5.74) is 2.60. The lowest BCUT2D eigenvalue weighted by Gasteiger charge is -2.30. The van der Waals surface area contributed by atoms with Gasteiger partial charge >= 0.3 is 5.97 Å². The summed E-state index contributed by atoms with van der Waals surface area (Å²) in [4.78, 5) is 10.6. The molecule has 0 fully saturated rings. The number of halogens is 2. The van der Waals surface area contributed by atoms with Crippen LogP contribution in [0.1, 0.15) is 43.4 Å². The maximum atomic E-state index is 14.2. The standard InChI is InChI=1S/C25H31F2NO4/c1-25(2,13-16-11-18-5-3-4-6-19(18)12-16)28-14-20(29)15-32-21-9-7-17(8-10-22(30)31)23(26)24(21)27/h3-7,9,16,20,28-29H,8,10-15H2,1-2H3,(H,30,31). The number of β-amino-alcohol motifs (C(OH)–C–C–N with tert-alkyl or cyclic N) is 1. The van der Waals surface area contributed by atoms with Crippen LogP contribution in [0, 0.1) is 17.6 Å². The number of nitrogens with one attached hydrogen (secondary N) is 1. The molecule has 0 aliphatic heterocycles. The summed E-state index contributed by atoms with van der Waals surface area (Å²) < 4.78 is 33.6. The van der Waals surface area contributed by atoms with Gasteiger partial charge in [0.1, 0.15) is 12.7 Å². The zero-order valence-electron chi connectivity index (χ0n) is 18.5. The Balaban J connectivity index is 1.45. The van der Waals surface area contributed by atoms with E-state index >= 15 is 0 Å². The average molecular weight is 448 g/mol. The van der Waals surface area contributed by atoms with E-state index in [0.29, 0.717) is 5.92 Å². The van der Waals surface area contributed by atoms with Crippen LogP contribution in [0.5, 0.6) is 5.75 Å². The van der Waals surface area contributed by atoms with Crippen LogP contribution in [0.3, 0.4) is 0 Å². The Morgan fingerprint density at radius 2 is 1.81 bits per heavy atom. The number of aliphatic hydroxyl groups excluding tert-OH is 1. The van der Waals surface area contributed by atoms with E-state index in [4.69, 9.17) is 9.84 Å². The van der Waals surface area contributed by atoms with Gasteiger partial charge in [0, 0.05) is 18.5 Å². The number of aliphatic hydroxyl groups is 1. The van der Waals surface area contributed by atoms with Crippen molar-refractivity contribution in [1.82, 2.24) is 5.32 Å². The van der Waals surface area contributed by atoms with E-state index in [0.717, 1.165) is 19.3 Å². The molecule has 1 aliphatic carbocycles. The molecule has 0 radical (unpaired) electrons. The van der Waals surface area contributed by atoms with Crippen LogP contribution in [-0.2, 0) is 24.1 Å². The van der Waals surface area contributed by atoms with Gasteiger partial charge in [-0.2, -0.15) is 4.39 Å². The number of carboxylic acids is 1. The van der Waals surface area contributed by atoms with Gasteiger partial charge in [0.2, 0.25) is 5.82 Å². The zero-order valence-corrected chi connectivity index (χ0v) is 18.5. The van der Waals surface area contributed by atoms with Crippen molar-refractivity contribution < 1.29 is 28.5 Å². The molecule has 0 spiro atoms. The lowest BCUT2D eigenvalue weighted by molar-refractivity contribution is -0.136. The minimum absolute atomic E-state index is 0.0183. The van der Waals surface area contributed by atoms with Crippen LogP contribution in [-0.4, -0.2) is 41.0 Å². The number of carbonyl (C=O) groups is 1. The molecule has 0 bridgehead atoms. The van der Waals surface area contributed by atoms with Gasteiger partial charge in [-0.05, 0) is 68.2 Å². The number of benzene rings is 2. The Kier molecular flexibility index (Phi) is 7.85. The first-order chi connectivity index (χ1) is 15.1. The van der Waals surface area contributed by atoms with Crippen LogP contribution < -0.4 is 10.1 Å². The van der Waals surface area contributed by atoms with Crippen LogP contribution >= 0.6 is 0 Å². The maximum Gasteiger partial charge on any atom is 0.303 e. The lowest BCUT2D eigenvalue weighted by Crippen LogP contribution is -2.46. The first-order valence-corrected chi connectivity index (χ1v) is 11.0. The SMILES string of the molecule is CC(C)(CC1Cc2ccccc2C1)NCC(O)COc1ccc(CCC(=O)O)c(F)c1F. The highest BCUT2D eigenvalue weighted by Gasteiger charge is 2.28. The highest BCUT2D eigenvalue weighted by molar-refractivity contribution is 5.67. The minimum atomic E-state index is -1.17. The molecule has 0 amide bonds. The molecule has 0 heterocycles. The van der Waals surface area contributed by atoms with Crippen molar-refractivity contribution in [3.8, 4) is 5.75 Å². The van der Waals surface area contributed by atoms with Gasteiger partial charge in [0.15, 0.2) is 11.6 Å². The predicted octanol–water partition coefficient (Wildman–Crippen LogP) is 3.90. The molecule has 5 nitrogen and oxygen atoms in total. The number of hydrogen-bond donors (Lipinski definition) is 3. The number of hydrogen-bond acceptors (Lipinski definition) is 4. The van der Waals surface area contributed by atoms with Crippen LogP contribution in [0.4, 0.5) is 8.78 Å². The van der Waals surface area contributed by atoms with Crippen molar-refractivity contribution in [3.63, 3.8) is 0 Å². The molecule has 0 saturated carbocycles. The third kappa shape index (κ3) is 6.50. The molecule has 0 aromatic heterocycles. The number of carboxylic acid groups (broad SMARTS) is 1. The van der Waals surface area contributed by atoms with E-state index in [9.17, 15) is 18.7 Å². The fraction of sp³-hybridized carbons (Fsp3) is 0.480. The van der Waals surface area contributed by atoms with Gasteiger partial charge < -0.3 is 20.3 Å². The molecule has 2 aromatic carbocycles. The van der Waals surface area contributed by atoms with E-state index in [1.165, 1.54) is 23.3 Å². The van der Waals surface area contributed by atoms with E-state index in [-0.39, 0.29) is 42.8 Å². The quantitative estimate of drug-likeness (QED) is 0.487. The van der Waals surface area contributed by atoms with Gasteiger partial charge in [-0.25, -0.2) is 4.39 Å². The van der Waals surface area contributed by atoms with E-state index < -0.39 is 23.7 Å². The maximum absolute atomic E-state index is 14.2. The second kappa shape index (κ2) is 10.4. The van der Waals surface area contributed by atoms with Crippen molar-refractivity contribution in [2.45, 2.75) is 57.6 Å². The summed E-state index contributed by atoms with van der Waals surface area (Å²) in [6, 6.07) is 11.1. The normalized spacial score (nSPS) is 14.9. The number of ether oxygens (including phenoxy) is 1. The first-order valence-electron chi connectivity index (χ1n) is 11.0. The second-order valence-electron chi connectivity index (χ2n) is 9.22. The smallest absolute Gasteiger partial charge is 0.303 e. The Labute approximate surface area is 187 Å². The number of rotatable bonds is 11. The first kappa shape index (κ1) is 24.1. The topological polar surface area (TPSA) is 78.8 Å². The highest BCUT2D eigenvalue weighted by Crippen LogP contribution is 2.32. The van der Waals surface area contributed by atoms with Crippen LogP contribution in [0.25, 0.3) is 0 Å². The van der Waals surface area contributed by atoms with Crippen molar-refractivity contribution >= 4 is 5.97 Å². The van der Waals surface area contributed by atoms with Gasteiger partial charge in [-0.1, -0.05) is 30.3 Å². The third-order valence-corrected chi connectivity index (χ3v) is 5.92. The molecule has 1 atom stereocenters. The number of aryl methyl sites for hydroxylation is 1. The molecule has 3 rings (SSSR count). The van der Waals surface area contributed by atoms with E-state index in [1.807, 2.05) is 0 Å². The highest BCUT2D eigenvalue weighted by atomic mass is 19.2. The third-order valence-electron chi connectivity index (χ3n) is 5.92. The van der Waals surface area contributed by atoms with Crippen molar-refractivity contribution in [2.24, 2.45) is 5.92 Å². The summed E-state index contributed by atoms with van der Waals surface area (Å²) >= 11 is 0. The molecular weight excluding hydrogens is 416 g/mol. The van der Waals surface area contributed by atoms with Gasteiger partial charge in [-0.3, -0.25) is 4.79 Å². The van der Waals surface area contributed by atoms with Gasteiger partial charge in [-0.15, -0.1) is 0 Å². The zero-order chi connectivity index (χ0) is 23.3. The second-order valence-corrected chi connectivity index (χ2v) is 9.22. The fourth-order valence-corrected chi connectivity index (χ4v) is 4.35. The minimum Gasteiger partial charge on any atom is -0.488 e. The van der Waals surface area contributed by atoms with Crippen molar-refractivity contribution in [2.75, 3.05) is 13.2 Å². The molecule has 32 heavy (non-hydrogen) atoms. The Morgan fingerprint density at radius 1 is 1.16 bits per heavy atom. The summed E-state index contributed by atoms with van der Waals surface area (Å²) in [6.07, 6.45) is 1.77. The summed E-state index contributed by atoms with van der Waals surface area (Å²) in [7, 11) is 0. The lowest BCUT2D eigenvalue weighted by atomic mass is 9.88. The molecule has 2 aromatic rings. The molecular formula is C25H31F2NO4. The molecule has 3 N–H and O–H groups in total. The largest absolute Gasteiger partial charge is 0.488 e. The molecule has 1 unspecified atom stereocenters. The molecule has 7 heteroatoms.